The Bertz CT molecular complexity index is 704. The van der Waals surface area contributed by atoms with E-state index in [2.05, 4.69) is 4.84 Å². The van der Waals surface area contributed by atoms with Crippen molar-refractivity contribution in [3.05, 3.63) is 33.4 Å². The number of hydrogen-bond donors (Lipinski definition) is 0. The number of ketones is 1. The second-order valence-corrected chi connectivity index (χ2v) is 5.75. The summed E-state index contributed by atoms with van der Waals surface area (Å²) in [6.07, 6.45) is 0.271. The Kier molecular flexibility index (Phi) is 7.35. The van der Waals surface area contributed by atoms with E-state index in [4.69, 9.17) is 18.9 Å². The van der Waals surface area contributed by atoms with E-state index in [9.17, 15) is 19.7 Å². The lowest BCUT2D eigenvalue weighted by Gasteiger charge is -2.22. The van der Waals surface area contributed by atoms with Gasteiger partial charge in [0, 0.05) is 5.56 Å². The molecular formula is C17H21NO9. The molecule has 0 aliphatic carbocycles. The van der Waals surface area contributed by atoms with E-state index in [0.29, 0.717) is 36.3 Å². The molecule has 0 N–H and O–H groups in total. The second-order valence-electron chi connectivity index (χ2n) is 5.75. The highest BCUT2D eigenvalue weighted by Gasteiger charge is 2.27. The first-order valence-corrected chi connectivity index (χ1v) is 8.34. The third kappa shape index (κ3) is 5.81. The molecule has 2 rings (SSSR count). The number of rotatable bonds is 10. The largest absolute Gasteiger partial charge is 0.493 e. The van der Waals surface area contributed by atoms with Gasteiger partial charge in [-0.25, -0.2) is 4.79 Å². The lowest BCUT2D eigenvalue weighted by molar-refractivity contribution is -0.757. The van der Waals surface area contributed by atoms with E-state index in [-0.39, 0.29) is 31.4 Å². The van der Waals surface area contributed by atoms with Crippen LogP contribution in [0.5, 0.6) is 11.5 Å². The summed E-state index contributed by atoms with van der Waals surface area (Å²) in [6.45, 7) is 1.65. The molecule has 10 nitrogen and oxygen atoms in total. The standard InChI is InChI=1S/C17H21NO9/c1-11-17(20)13-8-15(14(23-2)7-12(13)9-25-11)26-10-16(19)24-5-3-4-6-27-18(21)22/h7-8,11H,3-6,9-10H2,1-2H3. The molecule has 0 aromatic heterocycles. The van der Waals surface area contributed by atoms with Crippen LogP contribution in [-0.4, -0.2) is 49.9 Å². The smallest absolute Gasteiger partial charge is 0.344 e. The van der Waals surface area contributed by atoms with Gasteiger partial charge in [0.2, 0.25) is 0 Å². The Morgan fingerprint density at radius 1 is 1.30 bits per heavy atom. The maximum atomic E-state index is 12.2. The molecule has 10 heteroatoms. The Morgan fingerprint density at radius 3 is 2.74 bits per heavy atom. The van der Waals surface area contributed by atoms with Gasteiger partial charge >= 0.3 is 5.97 Å². The number of hydrogen-bond acceptors (Lipinski definition) is 9. The van der Waals surface area contributed by atoms with Crippen LogP contribution in [0.3, 0.4) is 0 Å². The Hall–Kier alpha value is -2.88. The summed E-state index contributed by atoms with van der Waals surface area (Å²) < 4.78 is 21.0. The van der Waals surface area contributed by atoms with Crippen molar-refractivity contribution in [2.75, 3.05) is 26.9 Å². The van der Waals surface area contributed by atoms with E-state index in [0.717, 1.165) is 0 Å². The molecule has 1 aliphatic heterocycles. The van der Waals surface area contributed by atoms with Crippen LogP contribution in [0.4, 0.5) is 0 Å². The molecule has 148 valence electrons. The van der Waals surface area contributed by atoms with Gasteiger partial charge in [-0.2, -0.15) is 0 Å². The van der Waals surface area contributed by atoms with Gasteiger partial charge in [0.05, 0.1) is 26.9 Å². The molecule has 1 heterocycles. The van der Waals surface area contributed by atoms with Crippen LogP contribution in [0.1, 0.15) is 35.7 Å². The highest BCUT2D eigenvalue weighted by molar-refractivity contribution is 6.01. The van der Waals surface area contributed by atoms with Crippen LogP contribution in [0, 0.1) is 10.1 Å². The SMILES string of the molecule is COc1cc2c(cc1OCC(=O)OCCCCO[N+](=O)[O-])C(=O)C(C)OC2. The number of nitrogens with zero attached hydrogens (tertiary/aromatic N) is 1. The fourth-order valence-electron chi connectivity index (χ4n) is 2.44. The first kappa shape index (κ1) is 20.4. The minimum atomic E-state index is -0.872. The fourth-order valence-corrected chi connectivity index (χ4v) is 2.44. The minimum absolute atomic E-state index is 0.0520. The molecule has 0 spiro atoms. The van der Waals surface area contributed by atoms with Gasteiger partial charge in [-0.1, -0.05) is 0 Å². The van der Waals surface area contributed by atoms with Crippen LogP contribution in [-0.2, 0) is 25.7 Å². The first-order chi connectivity index (χ1) is 12.9. The highest BCUT2D eigenvalue weighted by Crippen LogP contribution is 2.34. The van der Waals surface area contributed by atoms with Crippen molar-refractivity contribution >= 4 is 11.8 Å². The van der Waals surface area contributed by atoms with Crippen LogP contribution >= 0.6 is 0 Å². The van der Waals surface area contributed by atoms with Crippen LogP contribution in [0.15, 0.2) is 12.1 Å². The Morgan fingerprint density at radius 2 is 2.04 bits per heavy atom. The number of carbonyl (C=O) groups is 2. The molecule has 0 amide bonds. The normalized spacial score (nSPS) is 15.6. The number of esters is 1. The first-order valence-electron chi connectivity index (χ1n) is 8.34. The van der Waals surface area contributed by atoms with Gasteiger partial charge in [-0.3, -0.25) is 4.79 Å². The maximum Gasteiger partial charge on any atom is 0.344 e. The summed E-state index contributed by atoms with van der Waals surface area (Å²) in [5, 5.41) is 9.11. The van der Waals surface area contributed by atoms with E-state index < -0.39 is 17.2 Å². The van der Waals surface area contributed by atoms with Gasteiger partial charge in [0.15, 0.2) is 23.9 Å². The quantitative estimate of drug-likeness (QED) is 0.257. The molecule has 1 aromatic rings. The Balaban J connectivity index is 1.85. The topological polar surface area (TPSA) is 123 Å². The number of Topliss-reactive ketones (excluding diaryl/α,β-unsaturated/α-hetero) is 1. The van der Waals surface area contributed by atoms with Crippen LogP contribution in [0.25, 0.3) is 0 Å². The summed E-state index contributed by atoms with van der Waals surface area (Å²) in [5.74, 6) is -0.129. The number of ether oxygens (including phenoxy) is 4. The zero-order chi connectivity index (χ0) is 19.8. The predicted molar refractivity (Wildman–Crippen MR) is 90.2 cm³/mol. The average Bonchev–Trinajstić information content (AvgIpc) is 2.65. The lowest BCUT2D eigenvalue weighted by Crippen LogP contribution is -2.27. The predicted octanol–water partition coefficient (Wildman–Crippen LogP) is 1.71. The van der Waals surface area contributed by atoms with Crippen molar-refractivity contribution in [3.63, 3.8) is 0 Å². The van der Waals surface area contributed by atoms with Gasteiger partial charge in [-0.15, -0.1) is 10.1 Å². The molecule has 1 unspecified atom stereocenters. The van der Waals surface area contributed by atoms with Crippen LogP contribution < -0.4 is 9.47 Å². The van der Waals surface area contributed by atoms with E-state index in [1.54, 1.807) is 13.0 Å². The molecule has 0 bridgehead atoms. The minimum Gasteiger partial charge on any atom is -0.493 e. The number of unbranched alkanes of at least 4 members (excludes halogenated alkanes) is 1. The summed E-state index contributed by atoms with van der Waals surface area (Å²) in [5.41, 5.74) is 1.17. The highest BCUT2D eigenvalue weighted by atomic mass is 16.9. The van der Waals surface area contributed by atoms with E-state index >= 15 is 0 Å². The number of carbonyl (C=O) groups excluding carboxylic acids is 2. The molecule has 0 radical (unpaired) electrons. The molecular weight excluding hydrogens is 362 g/mol. The van der Waals surface area contributed by atoms with E-state index in [1.807, 2.05) is 0 Å². The molecule has 1 aromatic carbocycles. The summed E-state index contributed by atoms with van der Waals surface area (Å²) in [6, 6.07) is 3.19. The number of methoxy groups -OCH3 is 1. The summed E-state index contributed by atoms with van der Waals surface area (Å²) in [4.78, 5) is 38.1. The third-order valence-electron chi connectivity index (χ3n) is 3.86. The van der Waals surface area contributed by atoms with Crippen molar-refractivity contribution in [3.8, 4) is 11.5 Å². The van der Waals surface area contributed by atoms with Crippen molar-refractivity contribution in [1.29, 1.82) is 0 Å². The van der Waals surface area contributed by atoms with Gasteiger partial charge in [-0.05, 0) is 37.5 Å². The molecule has 27 heavy (non-hydrogen) atoms. The van der Waals surface area contributed by atoms with Gasteiger partial charge in [0.25, 0.3) is 5.09 Å². The van der Waals surface area contributed by atoms with Crippen molar-refractivity contribution in [1.82, 2.24) is 0 Å². The van der Waals surface area contributed by atoms with Crippen molar-refractivity contribution in [2.24, 2.45) is 0 Å². The van der Waals surface area contributed by atoms with Crippen molar-refractivity contribution in [2.45, 2.75) is 32.5 Å². The summed E-state index contributed by atoms with van der Waals surface area (Å²) in [7, 11) is 1.45. The second kappa shape index (κ2) is 9.72. The zero-order valence-corrected chi connectivity index (χ0v) is 15.1. The molecule has 1 atom stereocenters. The third-order valence-corrected chi connectivity index (χ3v) is 3.86. The fraction of sp³-hybridized carbons (Fsp3) is 0.529. The van der Waals surface area contributed by atoms with Gasteiger partial charge < -0.3 is 23.8 Å². The average molecular weight is 383 g/mol. The number of fused-ring (bicyclic) bond motifs is 1. The van der Waals surface area contributed by atoms with E-state index in [1.165, 1.54) is 13.2 Å². The lowest BCUT2D eigenvalue weighted by atomic mass is 9.97. The van der Waals surface area contributed by atoms with Crippen LogP contribution in [0.2, 0.25) is 0 Å². The monoisotopic (exact) mass is 383 g/mol. The maximum absolute atomic E-state index is 12.2. The van der Waals surface area contributed by atoms with Gasteiger partial charge in [0.1, 0.15) is 6.10 Å². The number of benzene rings is 1. The summed E-state index contributed by atoms with van der Waals surface area (Å²) >= 11 is 0. The zero-order valence-electron chi connectivity index (χ0n) is 15.1. The molecule has 0 saturated heterocycles. The Labute approximate surface area is 155 Å². The molecule has 0 fully saturated rings. The molecule has 0 saturated carbocycles. The van der Waals surface area contributed by atoms with Crippen molar-refractivity contribution < 1.29 is 38.5 Å². The molecule has 1 aliphatic rings.